The maximum Gasteiger partial charge on any atom is 0.241 e. The SMILES string of the molecule is CCc1nc(C)c2c(OCc3c(F)cccc3Cl)nc3ccc(OC)nc3n12. The summed E-state index contributed by atoms with van der Waals surface area (Å²) in [6, 6.07) is 8.07. The minimum Gasteiger partial charge on any atom is -0.481 e. The van der Waals surface area contributed by atoms with Crippen LogP contribution in [0.1, 0.15) is 24.0 Å². The molecule has 0 fully saturated rings. The van der Waals surface area contributed by atoms with E-state index < -0.39 is 5.82 Å². The summed E-state index contributed by atoms with van der Waals surface area (Å²) in [5, 5.41) is 0.308. The van der Waals surface area contributed by atoms with E-state index in [0.29, 0.717) is 39.9 Å². The molecule has 1 aromatic carbocycles. The van der Waals surface area contributed by atoms with Gasteiger partial charge in [0.25, 0.3) is 0 Å². The minimum atomic E-state index is -0.421. The number of nitrogens with zero attached hydrogens (tertiary/aromatic N) is 4. The second kappa shape index (κ2) is 7.24. The van der Waals surface area contributed by atoms with Crippen LogP contribution in [0.4, 0.5) is 4.39 Å². The summed E-state index contributed by atoms with van der Waals surface area (Å²) in [5.41, 5.74) is 2.98. The van der Waals surface area contributed by atoms with Crippen LogP contribution in [0.25, 0.3) is 16.7 Å². The number of aryl methyl sites for hydroxylation is 2. The second-order valence-corrected chi connectivity index (χ2v) is 6.66. The van der Waals surface area contributed by atoms with Gasteiger partial charge in [0.05, 0.1) is 17.8 Å². The Balaban J connectivity index is 1.89. The maximum atomic E-state index is 14.1. The predicted octanol–water partition coefficient (Wildman–Crippen LogP) is 4.53. The molecule has 28 heavy (non-hydrogen) atoms. The Morgan fingerprint density at radius 1 is 1.14 bits per heavy atom. The van der Waals surface area contributed by atoms with E-state index in [9.17, 15) is 4.39 Å². The van der Waals surface area contributed by atoms with Gasteiger partial charge in [-0.3, -0.25) is 4.40 Å². The van der Waals surface area contributed by atoms with Crippen molar-refractivity contribution in [2.24, 2.45) is 0 Å². The molecule has 0 unspecified atom stereocenters. The standard InChI is InChI=1S/C20H18ClFN4O2/c1-4-16-23-11(2)18-20(28-10-12-13(21)6-5-7-14(12)22)24-15-8-9-17(27-3)25-19(15)26(16)18/h5-9H,4,10H2,1-3H3. The molecule has 4 rings (SSSR count). The summed E-state index contributed by atoms with van der Waals surface area (Å²) in [6.07, 6.45) is 0.700. The van der Waals surface area contributed by atoms with Gasteiger partial charge in [-0.15, -0.1) is 0 Å². The summed E-state index contributed by atoms with van der Waals surface area (Å²) in [4.78, 5) is 13.8. The third-order valence-electron chi connectivity index (χ3n) is 4.53. The van der Waals surface area contributed by atoms with E-state index in [0.717, 1.165) is 11.5 Å². The monoisotopic (exact) mass is 400 g/mol. The van der Waals surface area contributed by atoms with Gasteiger partial charge in [-0.25, -0.2) is 14.4 Å². The number of pyridine rings is 1. The molecule has 0 spiro atoms. The number of aromatic nitrogens is 4. The molecule has 144 valence electrons. The first-order valence-corrected chi connectivity index (χ1v) is 9.19. The van der Waals surface area contributed by atoms with Gasteiger partial charge in [0.15, 0.2) is 5.65 Å². The van der Waals surface area contributed by atoms with Gasteiger partial charge in [0, 0.05) is 18.1 Å². The molecule has 3 aromatic heterocycles. The normalized spacial score (nSPS) is 11.3. The zero-order valence-corrected chi connectivity index (χ0v) is 16.4. The van der Waals surface area contributed by atoms with Crippen LogP contribution in [-0.4, -0.2) is 26.5 Å². The number of fused-ring (bicyclic) bond motifs is 3. The second-order valence-electron chi connectivity index (χ2n) is 6.25. The lowest BCUT2D eigenvalue weighted by atomic mass is 10.2. The zero-order valence-electron chi connectivity index (χ0n) is 15.7. The van der Waals surface area contributed by atoms with Crippen molar-refractivity contribution in [1.82, 2.24) is 19.4 Å². The molecule has 0 bridgehead atoms. The number of methoxy groups -OCH3 is 1. The summed E-state index contributed by atoms with van der Waals surface area (Å²) >= 11 is 6.12. The highest BCUT2D eigenvalue weighted by Crippen LogP contribution is 2.30. The smallest absolute Gasteiger partial charge is 0.241 e. The molecule has 3 heterocycles. The first-order chi connectivity index (χ1) is 13.5. The van der Waals surface area contributed by atoms with E-state index in [1.165, 1.54) is 6.07 Å². The number of rotatable bonds is 5. The Bertz CT molecular complexity index is 1170. The van der Waals surface area contributed by atoms with Gasteiger partial charge in [-0.05, 0) is 25.1 Å². The van der Waals surface area contributed by atoms with E-state index in [2.05, 4.69) is 15.0 Å². The number of ether oxygens (including phenoxy) is 2. The van der Waals surface area contributed by atoms with E-state index in [1.54, 1.807) is 31.4 Å². The van der Waals surface area contributed by atoms with Crippen LogP contribution >= 0.6 is 11.6 Å². The van der Waals surface area contributed by atoms with Crippen molar-refractivity contribution in [3.05, 3.63) is 58.3 Å². The van der Waals surface area contributed by atoms with Crippen LogP contribution in [-0.2, 0) is 13.0 Å². The van der Waals surface area contributed by atoms with Gasteiger partial charge < -0.3 is 9.47 Å². The van der Waals surface area contributed by atoms with Crippen molar-refractivity contribution in [3.63, 3.8) is 0 Å². The highest BCUT2D eigenvalue weighted by molar-refractivity contribution is 6.31. The van der Waals surface area contributed by atoms with E-state index in [1.807, 2.05) is 18.2 Å². The van der Waals surface area contributed by atoms with Gasteiger partial charge in [0.1, 0.15) is 29.3 Å². The Morgan fingerprint density at radius 2 is 1.96 bits per heavy atom. The van der Waals surface area contributed by atoms with Crippen molar-refractivity contribution in [2.75, 3.05) is 7.11 Å². The number of hydrogen-bond acceptors (Lipinski definition) is 5. The molecule has 6 nitrogen and oxygen atoms in total. The van der Waals surface area contributed by atoms with Crippen molar-refractivity contribution in [2.45, 2.75) is 26.9 Å². The Labute approximate surface area is 165 Å². The molecule has 0 aliphatic carbocycles. The molecule has 0 saturated carbocycles. The maximum absolute atomic E-state index is 14.1. The Morgan fingerprint density at radius 3 is 2.68 bits per heavy atom. The van der Waals surface area contributed by atoms with E-state index in [-0.39, 0.29) is 12.2 Å². The summed E-state index contributed by atoms with van der Waals surface area (Å²) in [7, 11) is 1.56. The lowest BCUT2D eigenvalue weighted by Gasteiger charge is -2.12. The highest BCUT2D eigenvalue weighted by Gasteiger charge is 2.19. The van der Waals surface area contributed by atoms with Gasteiger partial charge in [-0.2, -0.15) is 4.98 Å². The van der Waals surface area contributed by atoms with Crippen molar-refractivity contribution in [1.29, 1.82) is 0 Å². The Kier molecular flexibility index (Phi) is 4.77. The molecule has 0 N–H and O–H groups in total. The van der Waals surface area contributed by atoms with Crippen LogP contribution < -0.4 is 9.47 Å². The average Bonchev–Trinajstić information content (AvgIpc) is 3.04. The first-order valence-electron chi connectivity index (χ1n) is 8.81. The molecule has 0 amide bonds. The number of benzene rings is 1. The van der Waals surface area contributed by atoms with Crippen molar-refractivity contribution >= 4 is 28.3 Å². The minimum absolute atomic E-state index is 0.0463. The molecule has 8 heteroatoms. The van der Waals surface area contributed by atoms with E-state index in [4.69, 9.17) is 21.1 Å². The van der Waals surface area contributed by atoms with E-state index >= 15 is 0 Å². The van der Waals surface area contributed by atoms with Crippen LogP contribution in [0.2, 0.25) is 5.02 Å². The van der Waals surface area contributed by atoms with Crippen LogP contribution in [0, 0.1) is 12.7 Å². The van der Waals surface area contributed by atoms with Gasteiger partial charge >= 0.3 is 0 Å². The van der Waals surface area contributed by atoms with Crippen molar-refractivity contribution in [3.8, 4) is 11.8 Å². The van der Waals surface area contributed by atoms with Crippen LogP contribution in [0.5, 0.6) is 11.8 Å². The fourth-order valence-corrected chi connectivity index (χ4v) is 3.38. The summed E-state index contributed by atoms with van der Waals surface area (Å²) in [5.74, 6) is 1.24. The molecule has 0 aliphatic heterocycles. The topological polar surface area (TPSA) is 61.5 Å². The molecule has 0 saturated heterocycles. The van der Waals surface area contributed by atoms with Gasteiger partial charge in [-0.1, -0.05) is 24.6 Å². The largest absolute Gasteiger partial charge is 0.481 e. The number of imidazole rings is 1. The van der Waals surface area contributed by atoms with Crippen molar-refractivity contribution < 1.29 is 13.9 Å². The fraction of sp³-hybridized carbons (Fsp3) is 0.250. The molecule has 4 aromatic rings. The Hall–Kier alpha value is -2.93. The quantitative estimate of drug-likeness (QED) is 0.492. The number of hydrogen-bond donors (Lipinski definition) is 0. The van der Waals surface area contributed by atoms with Gasteiger partial charge in [0.2, 0.25) is 11.8 Å². The summed E-state index contributed by atoms with van der Waals surface area (Å²) in [6.45, 7) is 3.85. The van der Waals surface area contributed by atoms with Crippen LogP contribution in [0.15, 0.2) is 30.3 Å². The molecule has 0 radical (unpaired) electrons. The average molecular weight is 401 g/mol. The number of halogens is 2. The summed E-state index contributed by atoms with van der Waals surface area (Å²) < 4.78 is 27.2. The third-order valence-corrected chi connectivity index (χ3v) is 4.88. The molecule has 0 aliphatic rings. The predicted molar refractivity (Wildman–Crippen MR) is 105 cm³/mol. The van der Waals surface area contributed by atoms with Crippen LogP contribution in [0.3, 0.4) is 0 Å². The molecular weight excluding hydrogens is 383 g/mol. The highest BCUT2D eigenvalue weighted by atomic mass is 35.5. The first kappa shape index (κ1) is 18.4. The fourth-order valence-electron chi connectivity index (χ4n) is 3.17. The zero-order chi connectivity index (χ0) is 19.8. The molecular formula is C20H18ClFN4O2. The lowest BCUT2D eigenvalue weighted by Crippen LogP contribution is -2.05. The lowest BCUT2D eigenvalue weighted by molar-refractivity contribution is 0.291. The third kappa shape index (κ3) is 3.01. The molecule has 0 atom stereocenters.